The highest BCUT2D eigenvalue weighted by Crippen LogP contribution is 2.21. The third-order valence-corrected chi connectivity index (χ3v) is 7.05. The standard InChI is InChI=1S/C21H23N5O3S/c27-21(18-6-8-19(9-7-18)26-16-22-15-24-26)23-14-17-4-10-20(11-5-17)30(28,29)25-12-2-1-3-13-25/h4-11,15-16H,1-3,12-14H2,(H,23,27). The molecule has 1 aliphatic rings. The number of sulfonamides is 1. The minimum absolute atomic E-state index is 0.204. The number of benzene rings is 2. The van der Waals surface area contributed by atoms with E-state index < -0.39 is 10.0 Å². The molecule has 0 saturated carbocycles. The van der Waals surface area contributed by atoms with Crippen LogP contribution in [0.25, 0.3) is 5.69 Å². The first-order valence-corrected chi connectivity index (χ1v) is 11.3. The molecule has 8 nitrogen and oxygen atoms in total. The highest BCUT2D eigenvalue weighted by molar-refractivity contribution is 7.89. The Morgan fingerprint density at radius 1 is 0.967 bits per heavy atom. The molecule has 30 heavy (non-hydrogen) atoms. The van der Waals surface area contributed by atoms with Crippen molar-refractivity contribution in [3.05, 3.63) is 72.3 Å². The Morgan fingerprint density at radius 2 is 1.67 bits per heavy atom. The summed E-state index contributed by atoms with van der Waals surface area (Å²) in [5, 5.41) is 6.91. The third kappa shape index (κ3) is 4.42. The van der Waals surface area contributed by atoms with Crippen molar-refractivity contribution in [3.63, 3.8) is 0 Å². The fourth-order valence-corrected chi connectivity index (χ4v) is 4.94. The third-order valence-electron chi connectivity index (χ3n) is 5.14. The van der Waals surface area contributed by atoms with Crippen molar-refractivity contribution in [1.82, 2.24) is 24.4 Å². The summed E-state index contributed by atoms with van der Waals surface area (Å²) in [5.41, 5.74) is 2.18. The van der Waals surface area contributed by atoms with Crippen LogP contribution in [0.2, 0.25) is 0 Å². The van der Waals surface area contributed by atoms with Gasteiger partial charge in [-0.3, -0.25) is 4.79 Å². The van der Waals surface area contributed by atoms with Crippen LogP contribution in [0.1, 0.15) is 35.2 Å². The Bertz CT molecular complexity index is 1090. The average molecular weight is 426 g/mol. The van der Waals surface area contributed by atoms with E-state index in [1.54, 1.807) is 63.8 Å². The molecule has 9 heteroatoms. The molecule has 0 unspecified atom stereocenters. The Kier molecular flexibility index (Phi) is 5.91. The van der Waals surface area contributed by atoms with Gasteiger partial charge in [0, 0.05) is 25.2 Å². The monoisotopic (exact) mass is 425 g/mol. The van der Waals surface area contributed by atoms with E-state index in [9.17, 15) is 13.2 Å². The van der Waals surface area contributed by atoms with E-state index >= 15 is 0 Å². The quantitative estimate of drug-likeness (QED) is 0.654. The number of hydrogen-bond donors (Lipinski definition) is 1. The molecule has 156 valence electrons. The molecule has 4 rings (SSSR count). The van der Waals surface area contributed by atoms with Gasteiger partial charge >= 0.3 is 0 Å². The molecule has 1 fully saturated rings. The number of nitrogens with one attached hydrogen (secondary N) is 1. The molecule has 1 aromatic heterocycles. The van der Waals surface area contributed by atoms with Crippen molar-refractivity contribution < 1.29 is 13.2 Å². The number of piperidine rings is 1. The number of hydrogen-bond acceptors (Lipinski definition) is 5. The number of aromatic nitrogens is 3. The van der Waals surface area contributed by atoms with E-state index in [0.29, 0.717) is 30.1 Å². The van der Waals surface area contributed by atoms with Gasteiger partial charge in [0.2, 0.25) is 10.0 Å². The fraction of sp³-hybridized carbons (Fsp3) is 0.286. The lowest BCUT2D eigenvalue weighted by atomic mass is 10.2. The second-order valence-corrected chi connectivity index (χ2v) is 9.12. The van der Waals surface area contributed by atoms with E-state index in [0.717, 1.165) is 30.5 Å². The van der Waals surface area contributed by atoms with Crippen LogP contribution < -0.4 is 5.32 Å². The highest BCUT2D eigenvalue weighted by atomic mass is 32.2. The molecule has 0 aliphatic carbocycles. The van der Waals surface area contributed by atoms with Gasteiger partial charge in [0.05, 0.1) is 10.6 Å². The minimum Gasteiger partial charge on any atom is -0.348 e. The normalized spacial score (nSPS) is 15.1. The van der Waals surface area contributed by atoms with E-state index in [-0.39, 0.29) is 5.91 Å². The second-order valence-electron chi connectivity index (χ2n) is 7.18. The lowest BCUT2D eigenvalue weighted by Crippen LogP contribution is -2.35. The van der Waals surface area contributed by atoms with Crippen LogP contribution in [0.4, 0.5) is 0 Å². The van der Waals surface area contributed by atoms with E-state index in [2.05, 4.69) is 15.4 Å². The molecular formula is C21H23N5O3S. The lowest BCUT2D eigenvalue weighted by Gasteiger charge is -2.25. The van der Waals surface area contributed by atoms with Crippen LogP contribution >= 0.6 is 0 Å². The zero-order chi connectivity index (χ0) is 21.0. The van der Waals surface area contributed by atoms with Gasteiger partial charge in [-0.1, -0.05) is 18.6 Å². The van der Waals surface area contributed by atoms with Crippen LogP contribution in [0.5, 0.6) is 0 Å². The van der Waals surface area contributed by atoms with Gasteiger partial charge < -0.3 is 5.32 Å². The Labute approximate surface area is 175 Å². The molecule has 0 radical (unpaired) electrons. The molecule has 1 N–H and O–H groups in total. The molecule has 1 saturated heterocycles. The van der Waals surface area contributed by atoms with Crippen molar-refractivity contribution in [3.8, 4) is 5.69 Å². The van der Waals surface area contributed by atoms with E-state index in [4.69, 9.17) is 0 Å². The molecule has 1 aliphatic heterocycles. The van der Waals surface area contributed by atoms with Crippen LogP contribution in [-0.4, -0.2) is 46.5 Å². The fourth-order valence-electron chi connectivity index (χ4n) is 3.43. The van der Waals surface area contributed by atoms with Gasteiger partial charge in [0.15, 0.2) is 0 Å². The first-order valence-electron chi connectivity index (χ1n) is 9.86. The van der Waals surface area contributed by atoms with Gasteiger partial charge in [0.1, 0.15) is 12.7 Å². The zero-order valence-electron chi connectivity index (χ0n) is 16.4. The summed E-state index contributed by atoms with van der Waals surface area (Å²) in [5.74, 6) is -0.204. The molecule has 1 amide bonds. The number of rotatable bonds is 6. The van der Waals surface area contributed by atoms with Crippen molar-refractivity contribution in [2.24, 2.45) is 0 Å². The Morgan fingerprint density at radius 3 is 2.30 bits per heavy atom. The summed E-state index contributed by atoms with van der Waals surface area (Å²) in [4.78, 5) is 16.6. The van der Waals surface area contributed by atoms with Crippen molar-refractivity contribution in [2.75, 3.05) is 13.1 Å². The highest BCUT2D eigenvalue weighted by Gasteiger charge is 2.25. The summed E-state index contributed by atoms with van der Waals surface area (Å²) in [7, 11) is -3.44. The molecule has 3 aromatic rings. The van der Waals surface area contributed by atoms with Gasteiger partial charge in [0.25, 0.3) is 5.91 Å². The summed E-state index contributed by atoms with van der Waals surface area (Å²) in [6, 6.07) is 13.7. The summed E-state index contributed by atoms with van der Waals surface area (Å²) in [6.07, 6.45) is 5.92. The number of nitrogens with zero attached hydrogens (tertiary/aromatic N) is 4. The van der Waals surface area contributed by atoms with E-state index in [1.807, 2.05) is 0 Å². The van der Waals surface area contributed by atoms with Gasteiger partial charge in [-0.2, -0.15) is 9.40 Å². The molecule has 2 heterocycles. The predicted molar refractivity (Wildman–Crippen MR) is 112 cm³/mol. The van der Waals surface area contributed by atoms with Crippen LogP contribution in [-0.2, 0) is 16.6 Å². The largest absolute Gasteiger partial charge is 0.348 e. The SMILES string of the molecule is O=C(NCc1ccc(S(=O)(=O)N2CCCCC2)cc1)c1ccc(-n2cncn2)cc1. The zero-order valence-corrected chi connectivity index (χ0v) is 17.3. The maximum atomic E-state index is 12.7. The molecule has 2 aromatic carbocycles. The molecule has 0 atom stereocenters. The smallest absolute Gasteiger partial charge is 0.251 e. The van der Waals surface area contributed by atoms with Crippen LogP contribution in [0.3, 0.4) is 0 Å². The minimum atomic E-state index is -3.44. The lowest BCUT2D eigenvalue weighted by molar-refractivity contribution is 0.0951. The number of amides is 1. The molecule has 0 bridgehead atoms. The molecule has 0 spiro atoms. The topological polar surface area (TPSA) is 97.2 Å². The van der Waals surface area contributed by atoms with Crippen molar-refractivity contribution in [2.45, 2.75) is 30.7 Å². The number of carbonyl (C=O) groups is 1. The van der Waals surface area contributed by atoms with Crippen molar-refractivity contribution >= 4 is 15.9 Å². The summed E-state index contributed by atoms with van der Waals surface area (Å²) < 4.78 is 28.6. The second kappa shape index (κ2) is 8.76. The average Bonchev–Trinajstić information content (AvgIpc) is 3.33. The molecular weight excluding hydrogens is 402 g/mol. The maximum Gasteiger partial charge on any atom is 0.251 e. The maximum absolute atomic E-state index is 12.7. The Balaban J connectivity index is 1.36. The van der Waals surface area contributed by atoms with Crippen molar-refractivity contribution in [1.29, 1.82) is 0 Å². The first kappa shape index (κ1) is 20.2. The number of carbonyl (C=O) groups excluding carboxylic acids is 1. The summed E-state index contributed by atoms with van der Waals surface area (Å²) in [6.45, 7) is 1.47. The van der Waals surface area contributed by atoms with E-state index in [1.165, 1.54) is 6.33 Å². The van der Waals surface area contributed by atoms with Crippen LogP contribution in [0, 0.1) is 0 Å². The van der Waals surface area contributed by atoms with Gasteiger partial charge in [-0.05, 0) is 54.8 Å². The Hall–Kier alpha value is -3.04. The van der Waals surface area contributed by atoms with Crippen LogP contribution in [0.15, 0.2) is 66.1 Å². The van der Waals surface area contributed by atoms with Gasteiger partial charge in [-0.25, -0.2) is 18.1 Å². The predicted octanol–water partition coefficient (Wildman–Crippen LogP) is 2.37. The summed E-state index contributed by atoms with van der Waals surface area (Å²) >= 11 is 0. The first-order chi connectivity index (χ1) is 14.5. The van der Waals surface area contributed by atoms with Gasteiger partial charge in [-0.15, -0.1) is 0 Å².